The molecule has 0 aromatic heterocycles. The Kier molecular flexibility index (Phi) is 4.69. The van der Waals surface area contributed by atoms with Gasteiger partial charge in [0.25, 0.3) is 0 Å². The summed E-state index contributed by atoms with van der Waals surface area (Å²) in [7, 11) is 0. The van der Waals surface area contributed by atoms with Crippen LogP contribution >= 0.6 is 0 Å². The van der Waals surface area contributed by atoms with Crippen molar-refractivity contribution in [1.82, 2.24) is 0 Å². The first-order valence-corrected chi connectivity index (χ1v) is 5.05. The molecule has 18 heavy (non-hydrogen) atoms. The lowest BCUT2D eigenvalue weighted by molar-refractivity contribution is 0.276. The van der Waals surface area contributed by atoms with E-state index in [1.165, 1.54) is 6.92 Å². The molecular formula is C12H10F5O. The van der Waals surface area contributed by atoms with Crippen LogP contribution in [0.3, 0.4) is 0 Å². The van der Waals surface area contributed by atoms with Crippen LogP contribution in [0.4, 0.5) is 22.0 Å². The first-order valence-electron chi connectivity index (χ1n) is 5.05. The van der Waals surface area contributed by atoms with E-state index in [2.05, 4.69) is 6.92 Å². The van der Waals surface area contributed by atoms with Crippen LogP contribution in [0.1, 0.15) is 18.9 Å². The maximum absolute atomic E-state index is 13.4. The quantitative estimate of drug-likeness (QED) is 0.346. The van der Waals surface area contributed by atoms with Crippen molar-refractivity contribution in [3.8, 4) is 0 Å². The molecule has 1 aromatic rings. The molecule has 0 atom stereocenters. The molecule has 0 aliphatic rings. The summed E-state index contributed by atoms with van der Waals surface area (Å²) < 4.78 is 70.5. The fourth-order valence-electron chi connectivity index (χ4n) is 1.30. The molecule has 0 amide bonds. The highest BCUT2D eigenvalue weighted by atomic mass is 19.2. The van der Waals surface area contributed by atoms with Crippen molar-refractivity contribution in [2.45, 2.75) is 13.3 Å². The molecule has 0 fully saturated rings. The van der Waals surface area contributed by atoms with Crippen LogP contribution in [0.2, 0.25) is 0 Å². The molecule has 99 valence electrons. The van der Waals surface area contributed by atoms with Crippen molar-refractivity contribution in [1.29, 1.82) is 0 Å². The standard InChI is InChI=1S/C12H10F5O/c1-3-5-18-6(4-2)7-8(13)10(15)12(17)11(16)9(7)14/h4H,1,3,5H2,2H3. The van der Waals surface area contributed by atoms with E-state index in [1.54, 1.807) is 0 Å². The van der Waals surface area contributed by atoms with E-state index in [0.717, 1.165) is 6.08 Å². The van der Waals surface area contributed by atoms with E-state index in [1.807, 2.05) is 0 Å². The summed E-state index contributed by atoms with van der Waals surface area (Å²) in [5.74, 6) is -10.4. The van der Waals surface area contributed by atoms with Gasteiger partial charge in [0, 0.05) is 0 Å². The molecule has 0 heterocycles. The van der Waals surface area contributed by atoms with Crippen LogP contribution < -0.4 is 0 Å². The van der Waals surface area contributed by atoms with E-state index >= 15 is 0 Å². The molecule has 1 nitrogen and oxygen atoms in total. The lowest BCUT2D eigenvalue weighted by Gasteiger charge is -2.12. The Labute approximate surface area is 101 Å². The van der Waals surface area contributed by atoms with Gasteiger partial charge in [-0.3, -0.25) is 0 Å². The Balaban J connectivity index is 3.40. The van der Waals surface area contributed by atoms with Crippen LogP contribution in [0.15, 0.2) is 6.08 Å². The van der Waals surface area contributed by atoms with Crippen LogP contribution in [0, 0.1) is 36.0 Å². The zero-order valence-electron chi connectivity index (χ0n) is 9.50. The average Bonchev–Trinajstić information content (AvgIpc) is 2.38. The third-order valence-electron chi connectivity index (χ3n) is 2.12. The Morgan fingerprint density at radius 2 is 1.44 bits per heavy atom. The van der Waals surface area contributed by atoms with Gasteiger partial charge < -0.3 is 4.74 Å². The van der Waals surface area contributed by atoms with Gasteiger partial charge in [0.05, 0.1) is 12.2 Å². The van der Waals surface area contributed by atoms with Gasteiger partial charge in [-0.2, -0.15) is 0 Å². The molecule has 0 saturated carbocycles. The van der Waals surface area contributed by atoms with Gasteiger partial charge in [0.15, 0.2) is 23.3 Å². The minimum Gasteiger partial charge on any atom is -0.493 e. The molecule has 0 spiro atoms. The van der Waals surface area contributed by atoms with Crippen molar-refractivity contribution in [3.63, 3.8) is 0 Å². The van der Waals surface area contributed by atoms with Gasteiger partial charge in [-0.1, -0.05) is 0 Å². The molecule has 1 radical (unpaired) electrons. The van der Waals surface area contributed by atoms with Crippen molar-refractivity contribution >= 4 is 5.76 Å². The second kappa shape index (κ2) is 5.84. The molecule has 6 heteroatoms. The summed E-state index contributed by atoms with van der Waals surface area (Å²) in [5, 5.41) is 0. The first kappa shape index (κ1) is 14.5. The van der Waals surface area contributed by atoms with Gasteiger partial charge in [-0.05, 0) is 26.3 Å². The third kappa shape index (κ3) is 2.47. The second-order valence-corrected chi connectivity index (χ2v) is 3.30. The zero-order valence-corrected chi connectivity index (χ0v) is 9.50. The average molecular weight is 265 g/mol. The van der Waals surface area contributed by atoms with E-state index < -0.39 is 40.4 Å². The van der Waals surface area contributed by atoms with Crippen LogP contribution in [-0.2, 0) is 4.74 Å². The van der Waals surface area contributed by atoms with Crippen molar-refractivity contribution in [3.05, 3.63) is 47.6 Å². The summed E-state index contributed by atoms with van der Waals surface area (Å²) in [4.78, 5) is 0. The van der Waals surface area contributed by atoms with E-state index in [4.69, 9.17) is 4.74 Å². The second-order valence-electron chi connectivity index (χ2n) is 3.30. The maximum Gasteiger partial charge on any atom is 0.200 e. The highest BCUT2D eigenvalue weighted by Gasteiger charge is 2.28. The highest BCUT2D eigenvalue weighted by molar-refractivity contribution is 5.61. The molecule has 0 unspecified atom stereocenters. The largest absolute Gasteiger partial charge is 0.493 e. The van der Waals surface area contributed by atoms with Crippen LogP contribution in [0.25, 0.3) is 5.76 Å². The van der Waals surface area contributed by atoms with Crippen LogP contribution in [-0.4, -0.2) is 6.61 Å². The highest BCUT2D eigenvalue weighted by Crippen LogP contribution is 2.29. The van der Waals surface area contributed by atoms with Crippen molar-refractivity contribution in [2.24, 2.45) is 0 Å². The molecule has 1 aromatic carbocycles. The number of halogens is 5. The minimum absolute atomic E-state index is 0.000826. The predicted octanol–water partition coefficient (Wildman–Crippen LogP) is 3.98. The predicted molar refractivity (Wildman–Crippen MR) is 55.8 cm³/mol. The minimum atomic E-state index is -2.19. The summed E-state index contributed by atoms with van der Waals surface area (Å²) in [6.07, 6.45) is 1.40. The van der Waals surface area contributed by atoms with Gasteiger partial charge in [0.1, 0.15) is 5.76 Å². The fraction of sp³-hybridized carbons (Fsp3) is 0.250. The number of benzene rings is 1. The summed E-state index contributed by atoms with van der Waals surface area (Å²) >= 11 is 0. The van der Waals surface area contributed by atoms with E-state index in [0.29, 0.717) is 0 Å². The number of hydrogen-bond donors (Lipinski definition) is 0. The maximum atomic E-state index is 13.4. The molecule has 1 rings (SSSR count). The van der Waals surface area contributed by atoms with E-state index in [-0.39, 0.29) is 13.0 Å². The normalized spacial score (nSPS) is 11.8. The van der Waals surface area contributed by atoms with Gasteiger partial charge in [-0.25, -0.2) is 22.0 Å². The Hall–Kier alpha value is -1.59. The lowest BCUT2D eigenvalue weighted by Crippen LogP contribution is -2.08. The number of allylic oxidation sites excluding steroid dienone is 1. The molecule has 0 aliphatic carbocycles. The molecule has 0 aliphatic heterocycles. The van der Waals surface area contributed by atoms with Crippen molar-refractivity contribution in [2.75, 3.05) is 6.61 Å². The lowest BCUT2D eigenvalue weighted by atomic mass is 10.1. The fourth-order valence-corrected chi connectivity index (χ4v) is 1.30. The zero-order chi connectivity index (χ0) is 13.9. The molecule has 0 bridgehead atoms. The Morgan fingerprint density at radius 1 is 1.00 bits per heavy atom. The molecule has 0 saturated heterocycles. The number of rotatable bonds is 4. The van der Waals surface area contributed by atoms with Crippen LogP contribution in [0.5, 0.6) is 0 Å². The summed E-state index contributed by atoms with van der Waals surface area (Å²) in [6.45, 7) is 4.79. The van der Waals surface area contributed by atoms with E-state index in [9.17, 15) is 22.0 Å². The van der Waals surface area contributed by atoms with Gasteiger partial charge in [-0.15, -0.1) is 0 Å². The Bertz CT molecular complexity index is 453. The summed E-state index contributed by atoms with van der Waals surface area (Å²) in [6, 6.07) is 0. The van der Waals surface area contributed by atoms with Crippen molar-refractivity contribution < 1.29 is 26.7 Å². The smallest absolute Gasteiger partial charge is 0.200 e. The topological polar surface area (TPSA) is 9.23 Å². The summed E-state index contributed by atoms with van der Waals surface area (Å²) in [5.41, 5.74) is -1.07. The van der Waals surface area contributed by atoms with Gasteiger partial charge >= 0.3 is 0 Å². The first-order chi connectivity index (χ1) is 8.45. The SMILES string of the molecule is [CH2]CCOC(=CC)c1c(F)c(F)c(F)c(F)c1F. The number of ether oxygens (including phenoxy) is 1. The van der Waals surface area contributed by atoms with Gasteiger partial charge in [0.2, 0.25) is 5.82 Å². The molecular weight excluding hydrogens is 255 g/mol. The number of hydrogen-bond acceptors (Lipinski definition) is 1. The Morgan fingerprint density at radius 3 is 1.83 bits per heavy atom. The third-order valence-corrected chi connectivity index (χ3v) is 2.12. The monoisotopic (exact) mass is 265 g/mol. The molecule has 0 N–H and O–H groups in total.